The SMILES string of the molecule is Cc1ncc(C(=O)NCCN2CCC(c3ccccc3C)C2)c(=O)[nH]1. The van der Waals surface area contributed by atoms with Crippen molar-refractivity contribution in [3.63, 3.8) is 0 Å². The van der Waals surface area contributed by atoms with Gasteiger partial charge in [-0.1, -0.05) is 24.3 Å². The Morgan fingerprint density at radius 1 is 1.36 bits per heavy atom. The van der Waals surface area contributed by atoms with Gasteiger partial charge in [0.2, 0.25) is 0 Å². The maximum absolute atomic E-state index is 12.1. The maximum atomic E-state index is 12.1. The number of rotatable bonds is 5. The Morgan fingerprint density at radius 2 is 2.16 bits per heavy atom. The van der Waals surface area contributed by atoms with E-state index < -0.39 is 5.56 Å². The van der Waals surface area contributed by atoms with E-state index in [0.29, 0.717) is 18.3 Å². The molecule has 0 spiro atoms. The summed E-state index contributed by atoms with van der Waals surface area (Å²) in [5.41, 5.74) is 2.43. The van der Waals surface area contributed by atoms with E-state index in [9.17, 15) is 9.59 Å². The van der Waals surface area contributed by atoms with Crippen LogP contribution in [0.4, 0.5) is 0 Å². The van der Waals surface area contributed by atoms with Crippen LogP contribution in [0.15, 0.2) is 35.3 Å². The van der Waals surface area contributed by atoms with Crippen molar-refractivity contribution in [3.05, 3.63) is 63.3 Å². The van der Waals surface area contributed by atoms with Crippen LogP contribution < -0.4 is 10.9 Å². The Kier molecular flexibility index (Phi) is 5.28. The van der Waals surface area contributed by atoms with Gasteiger partial charge in [0.25, 0.3) is 11.5 Å². The molecular weight excluding hydrogens is 316 g/mol. The number of carbonyl (C=O) groups is 1. The van der Waals surface area contributed by atoms with Crippen molar-refractivity contribution in [2.45, 2.75) is 26.2 Å². The zero-order valence-corrected chi connectivity index (χ0v) is 14.7. The molecule has 0 radical (unpaired) electrons. The van der Waals surface area contributed by atoms with Crippen LogP contribution in [0.1, 0.15) is 39.6 Å². The number of likely N-dealkylation sites (tertiary alicyclic amines) is 1. The van der Waals surface area contributed by atoms with Crippen LogP contribution in [0.5, 0.6) is 0 Å². The molecule has 1 aromatic heterocycles. The number of benzene rings is 1. The second-order valence-corrected chi connectivity index (χ2v) is 6.61. The van der Waals surface area contributed by atoms with Crippen molar-refractivity contribution in [2.24, 2.45) is 0 Å². The van der Waals surface area contributed by atoms with Crippen molar-refractivity contribution >= 4 is 5.91 Å². The summed E-state index contributed by atoms with van der Waals surface area (Å²) >= 11 is 0. The van der Waals surface area contributed by atoms with E-state index in [1.807, 2.05) is 0 Å². The molecule has 1 aliphatic rings. The molecule has 1 aromatic carbocycles. The minimum atomic E-state index is -0.397. The summed E-state index contributed by atoms with van der Waals surface area (Å²) in [6, 6.07) is 8.54. The molecule has 0 bridgehead atoms. The molecule has 1 amide bonds. The topological polar surface area (TPSA) is 78.1 Å². The zero-order valence-electron chi connectivity index (χ0n) is 14.7. The number of H-pyrrole nitrogens is 1. The molecule has 132 valence electrons. The van der Waals surface area contributed by atoms with Gasteiger partial charge in [0, 0.05) is 25.8 Å². The molecule has 1 fully saturated rings. The third-order valence-electron chi connectivity index (χ3n) is 4.79. The summed E-state index contributed by atoms with van der Waals surface area (Å²) in [4.78, 5) is 32.7. The Bertz CT molecular complexity index is 815. The number of carbonyl (C=O) groups excluding carboxylic acids is 1. The first-order valence-electron chi connectivity index (χ1n) is 8.66. The summed E-state index contributed by atoms with van der Waals surface area (Å²) in [6.07, 6.45) is 2.47. The smallest absolute Gasteiger partial charge is 0.263 e. The van der Waals surface area contributed by atoms with Crippen molar-refractivity contribution in [2.75, 3.05) is 26.2 Å². The first-order valence-corrected chi connectivity index (χ1v) is 8.66. The predicted molar refractivity (Wildman–Crippen MR) is 96.9 cm³/mol. The number of hydrogen-bond acceptors (Lipinski definition) is 4. The molecule has 2 aromatic rings. The highest BCUT2D eigenvalue weighted by molar-refractivity contribution is 5.93. The third kappa shape index (κ3) is 4.14. The number of aromatic amines is 1. The van der Waals surface area contributed by atoms with E-state index in [1.165, 1.54) is 17.3 Å². The van der Waals surface area contributed by atoms with E-state index in [1.54, 1.807) is 6.92 Å². The summed E-state index contributed by atoms with van der Waals surface area (Å²) in [6.45, 7) is 7.18. The summed E-state index contributed by atoms with van der Waals surface area (Å²) in [7, 11) is 0. The second kappa shape index (κ2) is 7.61. The van der Waals surface area contributed by atoms with E-state index in [-0.39, 0.29) is 11.5 Å². The number of aromatic nitrogens is 2. The van der Waals surface area contributed by atoms with Crippen molar-refractivity contribution < 1.29 is 4.79 Å². The molecule has 25 heavy (non-hydrogen) atoms. The van der Waals surface area contributed by atoms with E-state index in [4.69, 9.17) is 0 Å². The van der Waals surface area contributed by atoms with Crippen LogP contribution in [0, 0.1) is 13.8 Å². The molecule has 1 aliphatic heterocycles. The minimum absolute atomic E-state index is 0.0600. The Morgan fingerprint density at radius 3 is 2.92 bits per heavy atom. The molecule has 0 saturated carbocycles. The largest absolute Gasteiger partial charge is 0.351 e. The second-order valence-electron chi connectivity index (χ2n) is 6.61. The van der Waals surface area contributed by atoms with Gasteiger partial charge in [-0.2, -0.15) is 0 Å². The fourth-order valence-corrected chi connectivity index (χ4v) is 3.40. The summed E-state index contributed by atoms with van der Waals surface area (Å²) < 4.78 is 0. The number of amides is 1. The monoisotopic (exact) mass is 340 g/mol. The zero-order chi connectivity index (χ0) is 17.8. The van der Waals surface area contributed by atoms with Crippen LogP contribution in [0.2, 0.25) is 0 Å². The van der Waals surface area contributed by atoms with Gasteiger partial charge in [-0.3, -0.25) is 9.59 Å². The number of nitrogens with zero attached hydrogens (tertiary/aromatic N) is 2. The molecule has 1 saturated heterocycles. The van der Waals surface area contributed by atoms with Crippen molar-refractivity contribution in [3.8, 4) is 0 Å². The van der Waals surface area contributed by atoms with Gasteiger partial charge >= 0.3 is 0 Å². The van der Waals surface area contributed by atoms with Gasteiger partial charge in [-0.25, -0.2) is 4.98 Å². The van der Waals surface area contributed by atoms with Crippen LogP contribution >= 0.6 is 0 Å². The lowest BCUT2D eigenvalue weighted by molar-refractivity contribution is 0.0947. The van der Waals surface area contributed by atoms with Crippen LogP contribution in [0.3, 0.4) is 0 Å². The Labute approximate surface area is 147 Å². The normalized spacial score (nSPS) is 17.6. The van der Waals surface area contributed by atoms with Gasteiger partial charge in [0.05, 0.1) is 0 Å². The predicted octanol–water partition coefficient (Wildman–Crippen LogP) is 1.61. The molecule has 1 unspecified atom stereocenters. The van der Waals surface area contributed by atoms with Crippen molar-refractivity contribution in [1.82, 2.24) is 20.2 Å². The molecule has 0 aliphatic carbocycles. The van der Waals surface area contributed by atoms with Crippen LogP contribution in [-0.4, -0.2) is 47.0 Å². The van der Waals surface area contributed by atoms with Gasteiger partial charge in [0.1, 0.15) is 11.4 Å². The first-order chi connectivity index (χ1) is 12.0. The lowest BCUT2D eigenvalue weighted by Crippen LogP contribution is -2.36. The molecule has 2 heterocycles. The minimum Gasteiger partial charge on any atom is -0.351 e. The number of hydrogen-bond donors (Lipinski definition) is 2. The summed E-state index contributed by atoms with van der Waals surface area (Å²) in [5.74, 6) is 0.685. The lowest BCUT2D eigenvalue weighted by Gasteiger charge is -2.17. The molecule has 2 N–H and O–H groups in total. The highest BCUT2D eigenvalue weighted by Crippen LogP contribution is 2.28. The molecule has 1 atom stereocenters. The van der Waals surface area contributed by atoms with Gasteiger partial charge in [-0.15, -0.1) is 0 Å². The lowest BCUT2D eigenvalue weighted by atomic mass is 9.94. The fourth-order valence-electron chi connectivity index (χ4n) is 3.40. The van der Waals surface area contributed by atoms with Crippen LogP contribution in [0.25, 0.3) is 0 Å². The van der Waals surface area contributed by atoms with Gasteiger partial charge < -0.3 is 15.2 Å². The van der Waals surface area contributed by atoms with Crippen LogP contribution in [-0.2, 0) is 0 Å². The van der Waals surface area contributed by atoms with E-state index in [2.05, 4.69) is 51.4 Å². The molecule has 3 rings (SSSR count). The fraction of sp³-hybridized carbons (Fsp3) is 0.421. The van der Waals surface area contributed by atoms with E-state index >= 15 is 0 Å². The van der Waals surface area contributed by atoms with Gasteiger partial charge in [0.15, 0.2) is 0 Å². The first kappa shape index (κ1) is 17.4. The Hall–Kier alpha value is -2.47. The molecule has 6 heteroatoms. The Balaban J connectivity index is 1.49. The average molecular weight is 340 g/mol. The highest BCUT2D eigenvalue weighted by atomic mass is 16.2. The average Bonchev–Trinajstić information content (AvgIpc) is 3.03. The molecular formula is C19H24N4O2. The molecule has 6 nitrogen and oxygen atoms in total. The third-order valence-corrected chi connectivity index (χ3v) is 4.79. The van der Waals surface area contributed by atoms with Crippen molar-refractivity contribution in [1.29, 1.82) is 0 Å². The highest BCUT2D eigenvalue weighted by Gasteiger charge is 2.24. The van der Waals surface area contributed by atoms with E-state index in [0.717, 1.165) is 26.1 Å². The summed E-state index contributed by atoms with van der Waals surface area (Å²) in [5, 5.41) is 2.81. The maximum Gasteiger partial charge on any atom is 0.263 e. The quantitative estimate of drug-likeness (QED) is 0.867. The standard InChI is InChI=1S/C19H24N4O2/c1-13-5-3-4-6-16(13)15-7-9-23(12-15)10-8-20-18(24)17-11-21-14(2)22-19(17)25/h3-6,11,15H,7-10,12H2,1-2H3,(H,20,24)(H,21,22,25). The number of aryl methyl sites for hydroxylation is 2. The number of nitrogens with one attached hydrogen (secondary N) is 2. The van der Waals surface area contributed by atoms with Gasteiger partial charge in [-0.05, 0) is 43.9 Å².